The quantitative estimate of drug-likeness (QED) is 0.193. The molecule has 0 spiro atoms. The van der Waals surface area contributed by atoms with Gasteiger partial charge in [-0.1, -0.05) is 17.9 Å². The Hall–Kier alpha value is -3.64. The molecule has 8 nitrogen and oxygen atoms in total. The molecule has 3 rings (SSSR count). The summed E-state index contributed by atoms with van der Waals surface area (Å²) in [7, 11) is 1.63. The van der Waals surface area contributed by atoms with Gasteiger partial charge in [-0.25, -0.2) is 5.48 Å². The van der Waals surface area contributed by atoms with E-state index in [1.807, 2.05) is 18.2 Å². The van der Waals surface area contributed by atoms with Gasteiger partial charge >= 0.3 is 0 Å². The zero-order chi connectivity index (χ0) is 22.1. The van der Waals surface area contributed by atoms with E-state index in [0.717, 1.165) is 16.5 Å². The van der Waals surface area contributed by atoms with E-state index >= 15 is 0 Å². The minimum Gasteiger partial charge on any atom is -0.382 e. The zero-order valence-corrected chi connectivity index (χ0v) is 17.0. The van der Waals surface area contributed by atoms with E-state index in [1.165, 1.54) is 0 Å². The normalized spacial score (nSPS) is 10.4. The monoisotopic (exact) mass is 421 g/mol. The molecule has 4 N–H and O–H groups in total. The van der Waals surface area contributed by atoms with Crippen molar-refractivity contribution >= 4 is 22.7 Å². The minimum atomic E-state index is -0.587. The van der Waals surface area contributed by atoms with Crippen LogP contribution in [0.4, 0.5) is 0 Å². The third-order valence-electron chi connectivity index (χ3n) is 4.45. The Morgan fingerprint density at radius 3 is 2.61 bits per heavy atom. The van der Waals surface area contributed by atoms with E-state index in [1.54, 1.807) is 42.9 Å². The first-order valence-corrected chi connectivity index (χ1v) is 9.60. The Kier molecular flexibility index (Phi) is 7.79. The van der Waals surface area contributed by atoms with Crippen molar-refractivity contribution < 1.29 is 24.3 Å². The first-order chi connectivity index (χ1) is 15.1. The van der Waals surface area contributed by atoms with E-state index in [9.17, 15) is 9.59 Å². The molecular formula is C23H23N3O5. The predicted molar refractivity (Wildman–Crippen MR) is 115 cm³/mol. The predicted octanol–water partition coefficient (Wildman–Crippen LogP) is 2.23. The van der Waals surface area contributed by atoms with Crippen molar-refractivity contribution in [1.29, 1.82) is 0 Å². The number of methoxy groups -OCH3 is 1. The fraction of sp³-hybridized carbons (Fsp3) is 0.217. The fourth-order valence-corrected chi connectivity index (χ4v) is 2.86. The number of aromatic amines is 1. The second kappa shape index (κ2) is 10.9. The molecule has 31 heavy (non-hydrogen) atoms. The van der Waals surface area contributed by atoms with Gasteiger partial charge in [0.2, 0.25) is 0 Å². The van der Waals surface area contributed by atoms with Gasteiger partial charge in [-0.3, -0.25) is 14.8 Å². The third-order valence-corrected chi connectivity index (χ3v) is 4.45. The lowest BCUT2D eigenvalue weighted by Crippen LogP contribution is -2.23. The Balaban J connectivity index is 1.54. The number of benzene rings is 2. The Bertz CT molecular complexity index is 1110. The molecule has 0 aliphatic rings. The van der Waals surface area contributed by atoms with E-state index in [0.29, 0.717) is 36.6 Å². The molecule has 0 saturated carbocycles. The molecule has 2 amide bonds. The zero-order valence-electron chi connectivity index (χ0n) is 17.0. The number of fused-ring (bicyclic) bond motifs is 1. The number of hydrogen-bond donors (Lipinski definition) is 4. The largest absolute Gasteiger partial charge is 0.382 e. The fourth-order valence-electron chi connectivity index (χ4n) is 2.86. The van der Waals surface area contributed by atoms with Crippen molar-refractivity contribution in [3.8, 4) is 11.8 Å². The summed E-state index contributed by atoms with van der Waals surface area (Å²) in [4.78, 5) is 26.8. The summed E-state index contributed by atoms with van der Waals surface area (Å²) in [5, 5.41) is 12.3. The molecule has 0 aliphatic carbocycles. The van der Waals surface area contributed by atoms with E-state index in [4.69, 9.17) is 14.7 Å². The van der Waals surface area contributed by atoms with Crippen LogP contribution in [0, 0.1) is 11.8 Å². The third kappa shape index (κ3) is 6.17. The van der Waals surface area contributed by atoms with Crippen LogP contribution in [0.15, 0.2) is 48.5 Å². The van der Waals surface area contributed by atoms with Crippen molar-refractivity contribution in [2.45, 2.75) is 6.61 Å². The van der Waals surface area contributed by atoms with Crippen LogP contribution in [0.5, 0.6) is 0 Å². The van der Waals surface area contributed by atoms with Gasteiger partial charge < -0.3 is 19.8 Å². The summed E-state index contributed by atoms with van der Waals surface area (Å²) < 4.78 is 10.5. The number of carbonyl (C=O) groups excluding carboxylic acids is 2. The van der Waals surface area contributed by atoms with Gasteiger partial charge in [0.05, 0.1) is 26.4 Å². The Morgan fingerprint density at radius 2 is 1.87 bits per heavy atom. The summed E-state index contributed by atoms with van der Waals surface area (Å²) in [5.41, 5.74) is 4.92. The number of hydrogen-bond acceptors (Lipinski definition) is 5. The smallest absolute Gasteiger partial charge is 0.274 e. The molecule has 1 heterocycles. The van der Waals surface area contributed by atoms with Gasteiger partial charge in [0.15, 0.2) is 0 Å². The molecule has 160 valence electrons. The number of carbonyl (C=O) groups is 2. The van der Waals surface area contributed by atoms with Crippen LogP contribution in [-0.2, 0) is 16.1 Å². The summed E-state index contributed by atoms with van der Waals surface area (Å²) in [6.45, 7) is 1.73. The van der Waals surface area contributed by atoms with Crippen LogP contribution in [0.2, 0.25) is 0 Å². The van der Waals surface area contributed by atoms with Gasteiger partial charge in [0, 0.05) is 29.1 Å². The van der Waals surface area contributed by atoms with E-state index < -0.39 is 5.91 Å². The molecule has 8 heteroatoms. The number of hydroxylamine groups is 1. The summed E-state index contributed by atoms with van der Waals surface area (Å²) in [6.07, 6.45) is 0. The van der Waals surface area contributed by atoms with Gasteiger partial charge in [-0.2, -0.15) is 0 Å². The van der Waals surface area contributed by atoms with Gasteiger partial charge in [-0.15, -0.1) is 0 Å². The highest BCUT2D eigenvalue weighted by molar-refractivity contribution is 5.98. The van der Waals surface area contributed by atoms with Crippen molar-refractivity contribution in [2.24, 2.45) is 0 Å². The van der Waals surface area contributed by atoms with Crippen LogP contribution in [0.3, 0.4) is 0 Å². The molecule has 3 aromatic rings. The SMILES string of the molecule is COCCOCc1ccc2[nH]c(C(=O)NCC#Cc3ccc(C(=O)NO)cc3)cc2c1. The standard InChI is InChI=1S/C23H23N3O5/c1-30-11-12-31-15-17-6-9-20-19(13-17)14-21(25-20)23(28)24-10-2-3-16-4-7-18(8-5-16)22(27)26-29/h4-9,13-14,25,29H,10-12,15H2,1H3,(H,24,28)(H,26,27). The first-order valence-electron chi connectivity index (χ1n) is 9.60. The van der Waals surface area contributed by atoms with E-state index in [-0.39, 0.29) is 12.5 Å². The molecular weight excluding hydrogens is 398 g/mol. The lowest BCUT2D eigenvalue weighted by atomic mass is 10.1. The number of rotatable bonds is 8. The van der Waals surface area contributed by atoms with Crippen LogP contribution in [0.1, 0.15) is 32.0 Å². The maximum absolute atomic E-state index is 12.4. The molecule has 0 fully saturated rings. The lowest BCUT2D eigenvalue weighted by molar-refractivity contribution is 0.0617. The molecule has 0 radical (unpaired) electrons. The summed E-state index contributed by atoms with van der Waals surface area (Å²) in [6, 6.07) is 14.1. The van der Waals surface area contributed by atoms with Gasteiger partial charge in [0.25, 0.3) is 11.8 Å². The Labute approximate surface area is 179 Å². The van der Waals surface area contributed by atoms with Crippen LogP contribution < -0.4 is 10.8 Å². The molecule has 2 aromatic carbocycles. The average molecular weight is 421 g/mol. The number of ether oxygens (including phenoxy) is 2. The van der Waals surface area contributed by atoms with Gasteiger partial charge in [0.1, 0.15) is 5.69 Å². The van der Waals surface area contributed by atoms with Crippen molar-refractivity contribution in [1.82, 2.24) is 15.8 Å². The summed E-state index contributed by atoms with van der Waals surface area (Å²) >= 11 is 0. The van der Waals surface area contributed by atoms with Crippen molar-refractivity contribution in [3.05, 3.63) is 70.9 Å². The van der Waals surface area contributed by atoms with Crippen molar-refractivity contribution in [3.63, 3.8) is 0 Å². The highest BCUT2D eigenvalue weighted by Crippen LogP contribution is 2.18. The van der Waals surface area contributed by atoms with Crippen LogP contribution in [-0.4, -0.2) is 48.9 Å². The second-order valence-electron chi connectivity index (χ2n) is 6.65. The van der Waals surface area contributed by atoms with E-state index in [2.05, 4.69) is 22.1 Å². The maximum atomic E-state index is 12.4. The highest BCUT2D eigenvalue weighted by atomic mass is 16.5. The number of aromatic nitrogens is 1. The molecule has 0 aliphatic heterocycles. The topological polar surface area (TPSA) is 113 Å². The highest BCUT2D eigenvalue weighted by Gasteiger charge is 2.09. The summed E-state index contributed by atoms with van der Waals surface area (Å²) in [5.74, 6) is 4.94. The number of H-pyrrole nitrogens is 1. The van der Waals surface area contributed by atoms with Gasteiger partial charge in [-0.05, 0) is 48.0 Å². The number of amides is 2. The molecule has 0 saturated heterocycles. The molecule has 1 aromatic heterocycles. The Morgan fingerprint density at radius 1 is 1.06 bits per heavy atom. The second-order valence-corrected chi connectivity index (χ2v) is 6.65. The molecule has 0 unspecified atom stereocenters. The minimum absolute atomic E-state index is 0.172. The van der Waals surface area contributed by atoms with Crippen LogP contribution in [0.25, 0.3) is 10.9 Å². The van der Waals surface area contributed by atoms with Crippen LogP contribution >= 0.6 is 0 Å². The number of nitrogens with one attached hydrogen (secondary N) is 3. The molecule has 0 atom stereocenters. The molecule has 0 bridgehead atoms. The average Bonchev–Trinajstić information content (AvgIpc) is 3.23. The lowest BCUT2D eigenvalue weighted by Gasteiger charge is -2.03. The van der Waals surface area contributed by atoms with Crippen molar-refractivity contribution in [2.75, 3.05) is 26.9 Å². The maximum Gasteiger partial charge on any atom is 0.274 e. The first kappa shape index (κ1) is 22.1.